The van der Waals surface area contributed by atoms with Gasteiger partial charge in [-0.2, -0.15) is 0 Å². The summed E-state index contributed by atoms with van der Waals surface area (Å²) in [5, 5.41) is 13.7. The molecule has 8 nitrogen and oxygen atoms in total. The summed E-state index contributed by atoms with van der Waals surface area (Å²) < 4.78 is 10.3. The van der Waals surface area contributed by atoms with Gasteiger partial charge >= 0.3 is 5.69 Å². The Labute approximate surface area is 146 Å². The number of ether oxygens (including phenoxy) is 2. The summed E-state index contributed by atoms with van der Waals surface area (Å²) in [7, 11) is 1.34. The molecule has 0 heterocycles. The average Bonchev–Trinajstić information content (AvgIpc) is 2.54. The SMILES string of the molecule is COc1cc(OCC(=O)NC2CCC(N)CC2)ccc1[N+](=O)[O-].Cl. The van der Waals surface area contributed by atoms with Crippen LogP contribution >= 0.6 is 12.4 Å². The summed E-state index contributed by atoms with van der Waals surface area (Å²) in [4.78, 5) is 22.2. The van der Waals surface area contributed by atoms with E-state index in [0.29, 0.717) is 5.75 Å². The Kier molecular flexibility index (Phi) is 7.73. The van der Waals surface area contributed by atoms with Crippen LogP contribution < -0.4 is 20.5 Å². The zero-order chi connectivity index (χ0) is 16.8. The molecule has 1 aromatic carbocycles. The van der Waals surface area contributed by atoms with Gasteiger partial charge in [-0.25, -0.2) is 0 Å². The van der Waals surface area contributed by atoms with E-state index in [1.807, 2.05) is 0 Å². The van der Waals surface area contributed by atoms with Crippen LogP contribution in [0.5, 0.6) is 11.5 Å². The van der Waals surface area contributed by atoms with Gasteiger partial charge in [-0.15, -0.1) is 12.4 Å². The quantitative estimate of drug-likeness (QED) is 0.590. The Morgan fingerprint density at radius 3 is 2.62 bits per heavy atom. The van der Waals surface area contributed by atoms with Gasteiger partial charge in [0.2, 0.25) is 5.75 Å². The number of nitrogens with two attached hydrogens (primary N) is 1. The fourth-order valence-electron chi connectivity index (χ4n) is 2.58. The van der Waals surface area contributed by atoms with Gasteiger partial charge in [0.25, 0.3) is 5.91 Å². The largest absolute Gasteiger partial charge is 0.490 e. The summed E-state index contributed by atoms with van der Waals surface area (Å²) in [6, 6.07) is 4.48. The molecule has 0 aromatic heterocycles. The van der Waals surface area contributed by atoms with Crippen molar-refractivity contribution in [1.29, 1.82) is 0 Å². The average molecular weight is 360 g/mol. The number of hydrogen-bond donors (Lipinski definition) is 2. The first kappa shape index (κ1) is 20.0. The van der Waals surface area contributed by atoms with Gasteiger partial charge in [-0.1, -0.05) is 0 Å². The monoisotopic (exact) mass is 359 g/mol. The number of nitro groups is 1. The highest BCUT2D eigenvalue weighted by atomic mass is 35.5. The third kappa shape index (κ3) is 5.54. The second-order valence-corrected chi connectivity index (χ2v) is 5.56. The van der Waals surface area contributed by atoms with Crippen LogP contribution in [0.3, 0.4) is 0 Å². The molecule has 2 rings (SSSR count). The predicted octanol–water partition coefficient (Wildman–Crippen LogP) is 1.79. The lowest BCUT2D eigenvalue weighted by Gasteiger charge is -2.26. The van der Waals surface area contributed by atoms with Crippen LogP contribution in [-0.4, -0.2) is 36.6 Å². The van der Waals surface area contributed by atoms with E-state index in [9.17, 15) is 14.9 Å². The van der Waals surface area contributed by atoms with Crippen LogP contribution in [0.1, 0.15) is 25.7 Å². The number of amides is 1. The van der Waals surface area contributed by atoms with Crippen molar-refractivity contribution in [3.05, 3.63) is 28.3 Å². The van der Waals surface area contributed by atoms with Crippen LogP contribution in [0, 0.1) is 10.1 Å². The smallest absolute Gasteiger partial charge is 0.311 e. The first-order chi connectivity index (χ1) is 11.0. The zero-order valence-corrected chi connectivity index (χ0v) is 14.2. The lowest BCUT2D eigenvalue weighted by molar-refractivity contribution is -0.385. The van der Waals surface area contributed by atoms with Crippen LogP contribution in [0.25, 0.3) is 0 Å². The normalized spacial score (nSPS) is 19.8. The van der Waals surface area contributed by atoms with Gasteiger partial charge in [0, 0.05) is 24.2 Å². The molecule has 1 amide bonds. The van der Waals surface area contributed by atoms with E-state index in [1.54, 1.807) is 0 Å². The second-order valence-electron chi connectivity index (χ2n) is 5.56. The number of benzene rings is 1. The molecule has 1 aliphatic rings. The molecule has 24 heavy (non-hydrogen) atoms. The van der Waals surface area contributed by atoms with Crippen LogP contribution in [-0.2, 0) is 4.79 Å². The Morgan fingerprint density at radius 1 is 1.38 bits per heavy atom. The van der Waals surface area contributed by atoms with Crippen molar-refractivity contribution < 1.29 is 19.2 Å². The number of hydrogen-bond acceptors (Lipinski definition) is 6. The number of carbonyl (C=O) groups excluding carboxylic acids is 1. The standard InChI is InChI=1S/C15H21N3O5.ClH/c1-22-14-8-12(6-7-13(14)18(20)21)23-9-15(19)17-11-4-2-10(16)3-5-11;/h6-8,10-11H,2-5,9,16H2,1H3,(H,17,19);1H. The van der Waals surface area contributed by atoms with Crippen molar-refractivity contribution in [2.45, 2.75) is 37.8 Å². The lowest BCUT2D eigenvalue weighted by Crippen LogP contribution is -2.42. The second kappa shape index (κ2) is 9.29. The van der Waals surface area contributed by atoms with Gasteiger partial charge in [0.1, 0.15) is 5.75 Å². The van der Waals surface area contributed by atoms with Gasteiger partial charge in [0.15, 0.2) is 6.61 Å². The highest BCUT2D eigenvalue weighted by Crippen LogP contribution is 2.30. The van der Waals surface area contributed by atoms with E-state index < -0.39 is 4.92 Å². The molecule has 1 aromatic rings. The van der Waals surface area contributed by atoms with E-state index in [4.69, 9.17) is 15.2 Å². The minimum atomic E-state index is -0.539. The number of nitrogens with one attached hydrogen (secondary N) is 1. The summed E-state index contributed by atoms with van der Waals surface area (Å²) in [6.07, 6.45) is 3.56. The molecule has 0 saturated heterocycles. The zero-order valence-electron chi connectivity index (χ0n) is 13.4. The molecule has 9 heteroatoms. The van der Waals surface area contributed by atoms with E-state index in [-0.39, 0.29) is 48.4 Å². The number of nitrogens with zero attached hydrogens (tertiary/aromatic N) is 1. The fourth-order valence-corrected chi connectivity index (χ4v) is 2.58. The number of rotatable bonds is 6. The molecule has 0 bridgehead atoms. The number of halogens is 1. The van der Waals surface area contributed by atoms with Crippen LogP contribution in [0.15, 0.2) is 18.2 Å². The maximum Gasteiger partial charge on any atom is 0.311 e. The Bertz CT molecular complexity index is 576. The van der Waals surface area contributed by atoms with Crippen molar-refractivity contribution >= 4 is 24.0 Å². The summed E-state index contributed by atoms with van der Waals surface area (Å²) in [5.74, 6) is 0.213. The van der Waals surface area contributed by atoms with Crippen molar-refractivity contribution in [3.63, 3.8) is 0 Å². The molecule has 0 unspecified atom stereocenters. The van der Waals surface area contributed by atoms with E-state index in [2.05, 4.69) is 5.32 Å². The highest BCUT2D eigenvalue weighted by molar-refractivity contribution is 5.85. The van der Waals surface area contributed by atoms with Crippen molar-refractivity contribution in [3.8, 4) is 11.5 Å². The number of nitro benzene ring substituents is 1. The Morgan fingerprint density at radius 2 is 2.04 bits per heavy atom. The minimum Gasteiger partial charge on any atom is -0.490 e. The van der Waals surface area contributed by atoms with Gasteiger partial charge in [-0.3, -0.25) is 14.9 Å². The predicted molar refractivity (Wildman–Crippen MR) is 90.8 cm³/mol. The molecule has 0 radical (unpaired) electrons. The van der Waals surface area contributed by atoms with Crippen molar-refractivity contribution in [2.24, 2.45) is 5.73 Å². The molecular formula is C15H22ClN3O5. The van der Waals surface area contributed by atoms with Crippen molar-refractivity contribution in [2.75, 3.05) is 13.7 Å². The Hall–Kier alpha value is -2.06. The maximum atomic E-state index is 11.9. The highest BCUT2D eigenvalue weighted by Gasteiger charge is 2.20. The third-order valence-electron chi connectivity index (χ3n) is 3.85. The first-order valence-corrected chi connectivity index (χ1v) is 7.49. The lowest BCUT2D eigenvalue weighted by atomic mass is 9.92. The van der Waals surface area contributed by atoms with E-state index in [0.717, 1.165) is 25.7 Å². The molecule has 0 aliphatic heterocycles. The molecule has 3 N–H and O–H groups in total. The molecule has 1 aliphatic carbocycles. The van der Waals surface area contributed by atoms with Crippen molar-refractivity contribution in [1.82, 2.24) is 5.32 Å². The topological polar surface area (TPSA) is 117 Å². The van der Waals surface area contributed by atoms with Gasteiger partial charge in [-0.05, 0) is 31.7 Å². The Balaban J connectivity index is 0.00000288. The van der Waals surface area contributed by atoms with E-state index in [1.165, 1.54) is 25.3 Å². The molecule has 0 spiro atoms. The van der Waals surface area contributed by atoms with Crippen LogP contribution in [0.2, 0.25) is 0 Å². The third-order valence-corrected chi connectivity index (χ3v) is 3.85. The molecule has 134 valence electrons. The molecular weight excluding hydrogens is 338 g/mol. The van der Waals surface area contributed by atoms with Crippen LogP contribution in [0.4, 0.5) is 5.69 Å². The summed E-state index contributed by atoms with van der Waals surface area (Å²) in [5.41, 5.74) is 5.68. The minimum absolute atomic E-state index is 0. The molecule has 1 fully saturated rings. The summed E-state index contributed by atoms with van der Waals surface area (Å²) in [6.45, 7) is -0.149. The van der Waals surface area contributed by atoms with Gasteiger partial charge < -0.3 is 20.5 Å². The van der Waals surface area contributed by atoms with E-state index >= 15 is 0 Å². The summed E-state index contributed by atoms with van der Waals surface area (Å²) >= 11 is 0. The number of carbonyl (C=O) groups is 1. The fraction of sp³-hybridized carbons (Fsp3) is 0.533. The van der Waals surface area contributed by atoms with Gasteiger partial charge in [0.05, 0.1) is 12.0 Å². The molecule has 1 saturated carbocycles. The maximum absolute atomic E-state index is 11.9. The molecule has 0 atom stereocenters. The number of methoxy groups -OCH3 is 1. The first-order valence-electron chi connectivity index (χ1n) is 7.49.